The minimum atomic E-state index is -0.845. The van der Waals surface area contributed by atoms with E-state index in [1.165, 1.54) is 6.92 Å². The van der Waals surface area contributed by atoms with E-state index in [1.54, 1.807) is 0 Å². The van der Waals surface area contributed by atoms with Crippen LogP contribution in [0.4, 0.5) is 0 Å². The first kappa shape index (κ1) is 12.4. The van der Waals surface area contributed by atoms with E-state index in [2.05, 4.69) is 0 Å². The van der Waals surface area contributed by atoms with Crippen molar-refractivity contribution < 1.29 is 14.7 Å². The van der Waals surface area contributed by atoms with Gasteiger partial charge >= 0.3 is 5.97 Å². The van der Waals surface area contributed by atoms with Crippen molar-refractivity contribution in [3.05, 3.63) is 0 Å². The molecule has 0 amide bonds. The highest BCUT2D eigenvalue weighted by atomic mass is 32.2. The van der Waals surface area contributed by atoms with E-state index >= 15 is 0 Å². The molecule has 0 aromatic heterocycles. The number of carboxylic acid groups (broad SMARTS) is 1. The molecular weight excluding hydrogens is 190 g/mol. The number of thioether (sulfide) groups is 1. The van der Waals surface area contributed by atoms with Crippen LogP contribution in [0.1, 0.15) is 19.8 Å². The second-order valence-corrected chi connectivity index (χ2v) is 3.97. The average molecular weight is 205 g/mol. The largest absolute Gasteiger partial charge is 0.481 e. The Morgan fingerprint density at radius 2 is 2.15 bits per heavy atom. The fourth-order valence-electron chi connectivity index (χ4n) is 0.860. The van der Waals surface area contributed by atoms with Crippen LogP contribution < -0.4 is 5.73 Å². The summed E-state index contributed by atoms with van der Waals surface area (Å²) in [7, 11) is 0. The van der Waals surface area contributed by atoms with Gasteiger partial charge in [0.25, 0.3) is 0 Å². The Labute approximate surface area is 81.9 Å². The lowest BCUT2D eigenvalue weighted by atomic mass is 10.1. The lowest BCUT2D eigenvalue weighted by Gasteiger charge is -2.09. The number of carboxylic acids is 1. The van der Waals surface area contributed by atoms with Gasteiger partial charge in [-0.25, -0.2) is 0 Å². The summed E-state index contributed by atoms with van der Waals surface area (Å²) in [5.41, 5.74) is 5.27. The molecule has 5 heteroatoms. The Morgan fingerprint density at radius 3 is 2.54 bits per heavy atom. The van der Waals surface area contributed by atoms with E-state index in [9.17, 15) is 9.59 Å². The van der Waals surface area contributed by atoms with Crippen molar-refractivity contribution >= 4 is 22.8 Å². The predicted molar refractivity (Wildman–Crippen MR) is 52.6 cm³/mol. The van der Waals surface area contributed by atoms with Gasteiger partial charge in [0.2, 0.25) is 0 Å². The summed E-state index contributed by atoms with van der Waals surface area (Å²) in [4.78, 5) is 21.2. The van der Waals surface area contributed by atoms with Crippen molar-refractivity contribution in [2.45, 2.75) is 19.8 Å². The maximum absolute atomic E-state index is 10.7. The number of hydrogen-bond acceptors (Lipinski definition) is 4. The van der Waals surface area contributed by atoms with Gasteiger partial charge in [-0.2, -0.15) is 0 Å². The van der Waals surface area contributed by atoms with Gasteiger partial charge in [-0.15, -0.1) is 0 Å². The Bertz CT molecular complexity index is 184. The number of carbonyl (C=O) groups is 2. The minimum absolute atomic E-state index is 0.0426. The molecule has 0 aliphatic rings. The summed E-state index contributed by atoms with van der Waals surface area (Å²) < 4.78 is 0. The Hall–Kier alpha value is -0.550. The molecule has 13 heavy (non-hydrogen) atoms. The van der Waals surface area contributed by atoms with Crippen molar-refractivity contribution in [2.24, 2.45) is 11.7 Å². The highest BCUT2D eigenvalue weighted by molar-refractivity contribution is 8.13. The predicted octanol–water partition coefficient (Wildman–Crippen LogP) is 0.706. The molecule has 0 fully saturated rings. The monoisotopic (exact) mass is 205 g/mol. The van der Waals surface area contributed by atoms with Gasteiger partial charge in [-0.3, -0.25) is 9.59 Å². The number of aliphatic carboxylic acids is 1. The maximum atomic E-state index is 10.7. The molecule has 0 aliphatic carbocycles. The zero-order valence-electron chi connectivity index (χ0n) is 7.66. The van der Waals surface area contributed by atoms with Gasteiger partial charge in [-0.05, 0) is 19.4 Å². The van der Waals surface area contributed by atoms with Crippen LogP contribution in [-0.4, -0.2) is 28.5 Å². The molecule has 0 rings (SSSR count). The smallest absolute Gasteiger partial charge is 0.307 e. The van der Waals surface area contributed by atoms with Gasteiger partial charge in [-0.1, -0.05) is 11.8 Å². The van der Waals surface area contributed by atoms with E-state index in [1.807, 2.05) is 0 Å². The van der Waals surface area contributed by atoms with Gasteiger partial charge < -0.3 is 10.8 Å². The topological polar surface area (TPSA) is 80.4 Å². The van der Waals surface area contributed by atoms with Crippen LogP contribution >= 0.6 is 11.8 Å². The Morgan fingerprint density at radius 1 is 1.54 bits per heavy atom. The van der Waals surface area contributed by atoms with Crippen LogP contribution in [-0.2, 0) is 9.59 Å². The molecule has 1 atom stereocenters. The second-order valence-electron chi connectivity index (χ2n) is 2.77. The molecule has 0 aromatic rings. The first-order valence-electron chi connectivity index (χ1n) is 4.14. The fourth-order valence-corrected chi connectivity index (χ4v) is 1.61. The highest BCUT2D eigenvalue weighted by Gasteiger charge is 2.17. The van der Waals surface area contributed by atoms with E-state index in [0.29, 0.717) is 25.1 Å². The fraction of sp³-hybridized carbons (Fsp3) is 0.750. The molecule has 0 radical (unpaired) electrons. The van der Waals surface area contributed by atoms with E-state index < -0.39 is 11.9 Å². The minimum Gasteiger partial charge on any atom is -0.481 e. The zero-order valence-corrected chi connectivity index (χ0v) is 8.47. The van der Waals surface area contributed by atoms with Crippen LogP contribution in [0.15, 0.2) is 0 Å². The number of carbonyl (C=O) groups excluding carboxylic acids is 1. The van der Waals surface area contributed by atoms with Crippen LogP contribution in [0.5, 0.6) is 0 Å². The quantitative estimate of drug-likeness (QED) is 0.667. The van der Waals surface area contributed by atoms with Crippen molar-refractivity contribution in [1.82, 2.24) is 0 Å². The third kappa shape index (κ3) is 6.60. The molecule has 76 valence electrons. The molecule has 0 saturated heterocycles. The molecule has 0 saturated carbocycles. The summed E-state index contributed by atoms with van der Waals surface area (Å²) in [5.74, 6) is -0.940. The summed E-state index contributed by atoms with van der Waals surface area (Å²) in [5, 5.41) is 8.70. The van der Waals surface area contributed by atoms with Crippen LogP contribution in [0.25, 0.3) is 0 Å². The molecule has 0 heterocycles. The zero-order chi connectivity index (χ0) is 10.3. The first-order valence-corrected chi connectivity index (χ1v) is 5.12. The second kappa shape index (κ2) is 6.91. The van der Waals surface area contributed by atoms with Crippen LogP contribution in [0.3, 0.4) is 0 Å². The Kier molecular flexibility index (Phi) is 6.62. The summed E-state index contributed by atoms with van der Waals surface area (Å²) in [6, 6.07) is 0. The number of rotatable bonds is 6. The molecule has 1 unspecified atom stereocenters. The molecule has 0 bridgehead atoms. The van der Waals surface area contributed by atoms with Gasteiger partial charge in [0.15, 0.2) is 5.12 Å². The molecule has 0 aliphatic heterocycles. The Balaban J connectivity index is 3.80. The summed E-state index contributed by atoms with van der Waals surface area (Å²) >= 11 is 1.06. The van der Waals surface area contributed by atoms with E-state index in [4.69, 9.17) is 10.8 Å². The van der Waals surface area contributed by atoms with Crippen LogP contribution in [0, 0.1) is 5.92 Å². The molecule has 0 spiro atoms. The van der Waals surface area contributed by atoms with E-state index in [-0.39, 0.29) is 5.12 Å². The van der Waals surface area contributed by atoms with Crippen molar-refractivity contribution in [1.29, 1.82) is 0 Å². The average Bonchev–Trinajstić information content (AvgIpc) is 2.03. The van der Waals surface area contributed by atoms with Crippen LogP contribution in [0.2, 0.25) is 0 Å². The van der Waals surface area contributed by atoms with Crippen molar-refractivity contribution in [3.8, 4) is 0 Å². The number of nitrogens with two attached hydrogens (primary N) is 1. The third-order valence-electron chi connectivity index (χ3n) is 1.59. The summed E-state index contributed by atoms with van der Waals surface area (Å²) in [6.45, 7) is 1.93. The van der Waals surface area contributed by atoms with Crippen molar-refractivity contribution in [2.75, 3.05) is 12.3 Å². The normalized spacial score (nSPS) is 12.5. The standard InChI is InChI=1S/C8H15NO3S/c1-6(10)13-5-7(8(11)12)3-2-4-9/h7H,2-5,9H2,1H3,(H,11,12). The lowest BCUT2D eigenvalue weighted by molar-refractivity contribution is -0.141. The highest BCUT2D eigenvalue weighted by Crippen LogP contribution is 2.14. The van der Waals surface area contributed by atoms with Gasteiger partial charge in [0.1, 0.15) is 0 Å². The number of hydrogen-bond donors (Lipinski definition) is 2. The van der Waals surface area contributed by atoms with Gasteiger partial charge in [0.05, 0.1) is 5.92 Å². The molecular formula is C8H15NO3S. The molecule has 4 nitrogen and oxygen atoms in total. The SMILES string of the molecule is CC(=O)SCC(CCCN)C(=O)O. The van der Waals surface area contributed by atoms with Gasteiger partial charge in [0, 0.05) is 12.7 Å². The third-order valence-corrected chi connectivity index (χ3v) is 2.57. The van der Waals surface area contributed by atoms with Crippen molar-refractivity contribution in [3.63, 3.8) is 0 Å². The summed E-state index contributed by atoms with van der Waals surface area (Å²) in [6.07, 6.45) is 1.24. The maximum Gasteiger partial charge on any atom is 0.307 e. The molecule has 0 aromatic carbocycles. The first-order chi connectivity index (χ1) is 6.07. The van der Waals surface area contributed by atoms with E-state index in [0.717, 1.165) is 11.8 Å². The lowest BCUT2D eigenvalue weighted by Crippen LogP contribution is -2.18. The molecule has 3 N–H and O–H groups in total.